The highest BCUT2D eigenvalue weighted by molar-refractivity contribution is 7.86. The number of halogens is 2. The van der Waals surface area contributed by atoms with Crippen molar-refractivity contribution in [3.63, 3.8) is 0 Å². The minimum atomic E-state index is -4.63. The number of aromatic amines is 1. The van der Waals surface area contributed by atoms with E-state index in [1.807, 2.05) is 0 Å². The number of hydrogen-bond acceptors (Lipinski definition) is 4. The summed E-state index contributed by atoms with van der Waals surface area (Å²) < 4.78 is 61.3. The van der Waals surface area contributed by atoms with E-state index in [2.05, 4.69) is 9.97 Å². The van der Waals surface area contributed by atoms with Gasteiger partial charge in [-0.25, -0.2) is 13.8 Å². The first-order valence-corrected chi connectivity index (χ1v) is 10.1. The van der Waals surface area contributed by atoms with Gasteiger partial charge in [0, 0.05) is 5.56 Å². The summed E-state index contributed by atoms with van der Waals surface area (Å²) in [6.07, 6.45) is 0. The molecule has 0 atom stereocenters. The predicted molar refractivity (Wildman–Crippen MR) is 106 cm³/mol. The Balaban J connectivity index is 1.89. The fourth-order valence-electron chi connectivity index (χ4n) is 3.44. The molecular formula is C21H13F2N3O3S. The zero-order valence-corrected chi connectivity index (χ0v) is 16.3. The van der Waals surface area contributed by atoms with Crippen molar-refractivity contribution in [2.75, 3.05) is 0 Å². The number of nitrogens with one attached hydrogen (secondary N) is 1. The molecule has 0 aliphatic carbocycles. The van der Waals surface area contributed by atoms with Crippen molar-refractivity contribution in [2.45, 2.75) is 11.8 Å². The number of H-pyrrole nitrogens is 1. The lowest BCUT2D eigenvalue weighted by atomic mass is 10.0. The maximum Gasteiger partial charge on any atom is 0.296 e. The number of rotatable bonds is 3. The minimum absolute atomic E-state index is 0.166. The van der Waals surface area contributed by atoms with E-state index in [-0.39, 0.29) is 22.4 Å². The van der Waals surface area contributed by atoms with Gasteiger partial charge in [0.2, 0.25) is 0 Å². The Morgan fingerprint density at radius 3 is 2.43 bits per heavy atom. The molecule has 0 amide bonds. The molecule has 0 saturated carbocycles. The van der Waals surface area contributed by atoms with E-state index < -0.39 is 26.6 Å². The van der Waals surface area contributed by atoms with Crippen LogP contribution in [0, 0.1) is 29.9 Å². The van der Waals surface area contributed by atoms with Crippen LogP contribution in [0.4, 0.5) is 8.78 Å². The van der Waals surface area contributed by atoms with E-state index in [1.54, 1.807) is 18.2 Å². The Labute approximate surface area is 170 Å². The molecule has 2 aromatic carbocycles. The second-order valence-electron chi connectivity index (χ2n) is 6.61. The van der Waals surface area contributed by atoms with Gasteiger partial charge in [-0.3, -0.25) is 4.55 Å². The minimum Gasteiger partial charge on any atom is -0.353 e. The van der Waals surface area contributed by atoms with Crippen LogP contribution in [-0.2, 0) is 10.1 Å². The van der Waals surface area contributed by atoms with Crippen LogP contribution < -0.4 is 0 Å². The SMILES string of the molecule is Cc1c(-c2ccc3[nH]c(-c4c(F)cccc4F)cc3n2)ccc(C#N)c1S(=O)(=O)O. The monoisotopic (exact) mass is 425 g/mol. The molecule has 4 aromatic rings. The molecule has 6 nitrogen and oxygen atoms in total. The van der Waals surface area contributed by atoms with E-state index in [1.165, 1.54) is 31.2 Å². The summed E-state index contributed by atoms with van der Waals surface area (Å²) >= 11 is 0. The zero-order chi connectivity index (χ0) is 21.6. The number of pyridine rings is 1. The van der Waals surface area contributed by atoms with Gasteiger partial charge in [0.25, 0.3) is 10.1 Å². The second-order valence-corrected chi connectivity index (χ2v) is 7.97. The Kier molecular flexibility index (Phi) is 4.61. The van der Waals surface area contributed by atoms with Crippen molar-refractivity contribution in [1.82, 2.24) is 9.97 Å². The highest BCUT2D eigenvalue weighted by atomic mass is 32.2. The summed E-state index contributed by atoms with van der Waals surface area (Å²) in [5, 5.41) is 9.16. The molecule has 0 aliphatic rings. The number of nitrogens with zero attached hydrogens (tertiary/aromatic N) is 2. The molecule has 0 saturated heterocycles. The van der Waals surface area contributed by atoms with Crippen LogP contribution in [0.5, 0.6) is 0 Å². The quantitative estimate of drug-likeness (QED) is 0.467. The van der Waals surface area contributed by atoms with Gasteiger partial charge < -0.3 is 4.98 Å². The molecule has 2 heterocycles. The van der Waals surface area contributed by atoms with Crippen LogP contribution in [0.1, 0.15) is 11.1 Å². The molecule has 0 bridgehead atoms. The van der Waals surface area contributed by atoms with Gasteiger partial charge in [0.05, 0.1) is 33.5 Å². The summed E-state index contributed by atoms with van der Waals surface area (Å²) in [6, 6.07) is 12.9. The summed E-state index contributed by atoms with van der Waals surface area (Å²) in [4.78, 5) is 6.90. The zero-order valence-electron chi connectivity index (χ0n) is 15.4. The third kappa shape index (κ3) is 3.22. The van der Waals surface area contributed by atoms with Crippen LogP contribution in [0.25, 0.3) is 33.5 Å². The number of aromatic nitrogens is 2. The fraction of sp³-hybridized carbons (Fsp3) is 0.0476. The fourth-order valence-corrected chi connectivity index (χ4v) is 4.33. The van der Waals surface area contributed by atoms with Gasteiger partial charge in [0.15, 0.2) is 0 Å². The molecule has 0 radical (unpaired) electrons. The largest absolute Gasteiger partial charge is 0.353 e. The van der Waals surface area contributed by atoms with E-state index in [0.717, 1.165) is 12.1 Å². The topological polar surface area (TPSA) is 107 Å². The number of nitriles is 1. The molecule has 2 aromatic heterocycles. The van der Waals surface area contributed by atoms with E-state index in [4.69, 9.17) is 5.26 Å². The van der Waals surface area contributed by atoms with Crippen molar-refractivity contribution in [3.05, 3.63) is 71.3 Å². The lowest BCUT2D eigenvalue weighted by Gasteiger charge is -2.10. The van der Waals surface area contributed by atoms with Crippen LogP contribution in [-0.4, -0.2) is 22.9 Å². The molecule has 4 rings (SSSR count). The smallest absolute Gasteiger partial charge is 0.296 e. The highest BCUT2D eigenvalue weighted by Crippen LogP contribution is 2.32. The normalized spacial score (nSPS) is 11.6. The average Bonchev–Trinajstić information content (AvgIpc) is 3.09. The second kappa shape index (κ2) is 7.02. The van der Waals surface area contributed by atoms with Crippen LogP contribution in [0.3, 0.4) is 0 Å². The van der Waals surface area contributed by atoms with Gasteiger partial charge in [-0.1, -0.05) is 12.1 Å². The van der Waals surface area contributed by atoms with Gasteiger partial charge in [-0.15, -0.1) is 0 Å². The van der Waals surface area contributed by atoms with E-state index in [0.29, 0.717) is 22.3 Å². The Hall–Kier alpha value is -3.61. The lowest BCUT2D eigenvalue weighted by Crippen LogP contribution is -2.05. The maximum atomic E-state index is 14.1. The van der Waals surface area contributed by atoms with Crippen molar-refractivity contribution in [2.24, 2.45) is 0 Å². The van der Waals surface area contributed by atoms with E-state index >= 15 is 0 Å². The van der Waals surface area contributed by atoms with Gasteiger partial charge in [-0.2, -0.15) is 13.7 Å². The summed E-state index contributed by atoms with van der Waals surface area (Å²) in [5.74, 6) is -1.44. The first kappa shape index (κ1) is 19.7. The first-order valence-electron chi connectivity index (χ1n) is 8.66. The van der Waals surface area contributed by atoms with Gasteiger partial charge in [0.1, 0.15) is 22.6 Å². The van der Waals surface area contributed by atoms with Crippen LogP contribution in [0.2, 0.25) is 0 Å². The summed E-state index contributed by atoms with van der Waals surface area (Å²) in [5.41, 5.74) is 1.68. The van der Waals surface area contributed by atoms with Gasteiger partial charge in [-0.05, 0) is 48.9 Å². The molecule has 30 heavy (non-hydrogen) atoms. The van der Waals surface area contributed by atoms with Crippen molar-refractivity contribution in [3.8, 4) is 28.6 Å². The van der Waals surface area contributed by atoms with Crippen LogP contribution >= 0.6 is 0 Å². The lowest BCUT2D eigenvalue weighted by molar-refractivity contribution is 0.482. The standard InChI is InChI=1S/C21H13F2N3O3S/c1-11-13(6-5-12(10-24)21(11)30(27,28)29)16-7-8-17-18(25-16)9-19(26-17)20-14(22)3-2-4-15(20)23/h2-9,26H,1H3,(H,27,28,29). The van der Waals surface area contributed by atoms with Crippen molar-refractivity contribution < 1.29 is 21.8 Å². The Morgan fingerprint density at radius 2 is 1.80 bits per heavy atom. The molecule has 0 unspecified atom stereocenters. The molecule has 150 valence electrons. The third-order valence-corrected chi connectivity index (χ3v) is 5.81. The number of fused-ring (bicyclic) bond motifs is 1. The summed E-state index contributed by atoms with van der Waals surface area (Å²) in [6.45, 7) is 1.46. The molecular weight excluding hydrogens is 412 g/mol. The first-order chi connectivity index (χ1) is 14.2. The van der Waals surface area contributed by atoms with Crippen molar-refractivity contribution >= 4 is 21.2 Å². The molecule has 0 aliphatic heterocycles. The van der Waals surface area contributed by atoms with E-state index in [9.17, 15) is 21.8 Å². The molecule has 9 heteroatoms. The van der Waals surface area contributed by atoms with Crippen molar-refractivity contribution in [1.29, 1.82) is 5.26 Å². The Morgan fingerprint density at radius 1 is 1.10 bits per heavy atom. The predicted octanol–water partition coefficient (Wildman–Crippen LogP) is 4.60. The Bertz CT molecular complexity index is 1450. The maximum absolute atomic E-state index is 14.1. The van der Waals surface area contributed by atoms with Gasteiger partial charge >= 0.3 is 0 Å². The highest BCUT2D eigenvalue weighted by Gasteiger charge is 2.22. The number of benzene rings is 2. The molecule has 0 fully saturated rings. The number of hydrogen-bond donors (Lipinski definition) is 2. The average molecular weight is 425 g/mol. The van der Waals surface area contributed by atoms with Crippen LogP contribution in [0.15, 0.2) is 53.4 Å². The third-order valence-electron chi connectivity index (χ3n) is 4.77. The summed E-state index contributed by atoms with van der Waals surface area (Å²) in [7, 11) is -4.63. The molecule has 2 N–H and O–H groups in total. The molecule has 0 spiro atoms.